The molecule has 25 heavy (non-hydrogen) atoms. The molecule has 2 fully saturated rings. The normalized spacial score (nSPS) is 27.9. The molecule has 2 saturated carbocycles. The Morgan fingerprint density at radius 3 is 2.84 bits per heavy atom. The Hall–Kier alpha value is -2.67. The van der Waals surface area contributed by atoms with Gasteiger partial charge < -0.3 is 16.2 Å². The highest BCUT2D eigenvalue weighted by atomic mass is 16.3. The third kappa shape index (κ3) is 2.42. The van der Waals surface area contributed by atoms with Gasteiger partial charge in [-0.15, -0.1) is 0 Å². The van der Waals surface area contributed by atoms with Crippen LogP contribution in [0.15, 0.2) is 30.5 Å². The number of hydrogen-bond donors (Lipinski definition) is 4. The first-order valence-corrected chi connectivity index (χ1v) is 8.69. The molecule has 2 aliphatic carbocycles. The molecule has 0 amide bonds. The van der Waals surface area contributed by atoms with Gasteiger partial charge in [-0.05, 0) is 43.4 Å². The smallest absolute Gasteiger partial charge is 0.222 e. The number of nitrogens with one attached hydrogen (secondary N) is 2. The van der Waals surface area contributed by atoms with Crippen molar-refractivity contribution >= 4 is 22.7 Å². The second kappa shape index (κ2) is 5.42. The van der Waals surface area contributed by atoms with Gasteiger partial charge in [0.25, 0.3) is 0 Å². The summed E-state index contributed by atoms with van der Waals surface area (Å²) in [7, 11) is 0. The van der Waals surface area contributed by atoms with Crippen LogP contribution in [-0.4, -0.2) is 37.4 Å². The number of benzene rings is 1. The summed E-state index contributed by atoms with van der Waals surface area (Å²) in [6.07, 6.45) is 4.64. The summed E-state index contributed by atoms with van der Waals surface area (Å²) in [4.78, 5) is 8.81. The van der Waals surface area contributed by atoms with E-state index in [0.29, 0.717) is 11.8 Å². The van der Waals surface area contributed by atoms with Gasteiger partial charge in [0, 0.05) is 29.1 Å². The molecule has 5 rings (SSSR count). The van der Waals surface area contributed by atoms with Crippen LogP contribution in [0.1, 0.15) is 19.3 Å². The number of anilines is 2. The Morgan fingerprint density at radius 2 is 2.08 bits per heavy atom. The van der Waals surface area contributed by atoms with Crippen LogP contribution in [0.25, 0.3) is 22.2 Å². The first-order chi connectivity index (χ1) is 12.2. The van der Waals surface area contributed by atoms with Gasteiger partial charge in [0.15, 0.2) is 0 Å². The average Bonchev–Trinajstić information content (AvgIpc) is 3.30. The van der Waals surface area contributed by atoms with Gasteiger partial charge in [-0.2, -0.15) is 10.1 Å². The van der Waals surface area contributed by atoms with Crippen molar-refractivity contribution in [2.45, 2.75) is 31.4 Å². The van der Waals surface area contributed by atoms with Gasteiger partial charge in [0.1, 0.15) is 5.82 Å². The number of fused-ring (bicyclic) bond motifs is 3. The Kier molecular flexibility index (Phi) is 3.18. The summed E-state index contributed by atoms with van der Waals surface area (Å²) in [5.41, 5.74) is 8.68. The molecule has 1 aromatic carbocycles. The van der Waals surface area contributed by atoms with Crippen LogP contribution in [0.4, 0.5) is 11.8 Å². The number of nitrogens with zero attached hydrogens (tertiary/aromatic N) is 3. The van der Waals surface area contributed by atoms with Crippen molar-refractivity contribution in [1.82, 2.24) is 20.2 Å². The highest BCUT2D eigenvalue weighted by molar-refractivity contribution is 5.92. The monoisotopic (exact) mass is 336 g/mol. The van der Waals surface area contributed by atoms with Gasteiger partial charge in [-0.25, -0.2) is 4.98 Å². The zero-order valence-electron chi connectivity index (χ0n) is 13.7. The number of hydrogen-bond acceptors (Lipinski definition) is 6. The van der Waals surface area contributed by atoms with Gasteiger partial charge in [-0.3, -0.25) is 5.10 Å². The second-order valence-corrected chi connectivity index (χ2v) is 7.19. The fourth-order valence-electron chi connectivity index (χ4n) is 4.50. The molecule has 128 valence electrons. The minimum atomic E-state index is -0.200. The summed E-state index contributed by atoms with van der Waals surface area (Å²) >= 11 is 0. The van der Waals surface area contributed by atoms with E-state index >= 15 is 0 Å². The molecule has 5 N–H and O–H groups in total. The predicted octanol–water partition coefficient (Wildman–Crippen LogP) is 2.17. The number of H-pyrrole nitrogens is 1. The Balaban J connectivity index is 1.52. The van der Waals surface area contributed by atoms with Gasteiger partial charge in [0.2, 0.25) is 5.95 Å². The lowest BCUT2D eigenvalue weighted by atomic mass is 9.92. The molecule has 7 heteroatoms. The molecule has 0 spiro atoms. The largest absolute Gasteiger partial charge is 0.393 e. The van der Waals surface area contributed by atoms with Crippen LogP contribution < -0.4 is 11.1 Å². The van der Waals surface area contributed by atoms with E-state index in [-0.39, 0.29) is 18.1 Å². The fourth-order valence-corrected chi connectivity index (χ4v) is 4.50. The Morgan fingerprint density at radius 1 is 1.16 bits per heavy atom. The first kappa shape index (κ1) is 14.7. The van der Waals surface area contributed by atoms with Crippen LogP contribution >= 0.6 is 0 Å². The maximum Gasteiger partial charge on any atom is 0.222 e. The van der Waals surface area contributed by atoms with Crippen molar-refractivity contribution in [2.75, 3.05) is 11.1 Å². The minimum absolute atomic E-state index is 0.200. The summed E-state index contributed by atoms with van der Waals surface area (Å²) in [6.45, 7) is 0. The highest BCUT2D eigenvalue weighted by Gasteiger charge is 2.45. The van der Waals surface area contributed by atoms with Crippen LogP contribution in [0.3, 0.4) is 0 Å². The molecule has 2 bridgehead atoms. The van der Waals surface area contributed by atoms with Crippen molar-refractivity contribution in [3.8, 4) is 11.3 Å². The van der Waals surface area contributed by atoms with Gasteiger partial charge in [-0.1, -0.05) is 6.07 Å². The Bertz CT molecular complexity index is 925. The predicted molar refractivity (Wildman–Crippen MR) is 95.8 cm³/mol. The standard InChI is InChI=1S/C18H20N6O/c19-18-22-15-8-10(13-3-4-20-24-13)1-2-11(15)17(23-18)21-14-6-9-5-12(14)16(25)7-9/h1-4,8-9,12,14,16,25H,5-7H2,(H,20,24)(H3,19,21,22,23)/t9-,12+,14-,16-/m1/s1. The van der Waals surface area contributed by atoms with Crippen molar-refractivity contribution in [3.63, 3.8) is 0 Å². The third-order valence-corrected chi connectivity index (χ3v) is 5.63. The van der Waals surface area contributed by atoms with Crippen LogP contribution in [-0.2, 0) is 0 Å². The van der Waals surface area contributed by atoms with Crippen molar-refractivity contribution < 1.29 is 5.11 Å². The molecule has 0 radical (unpaired) electrons. The van der Waals surface area contributed by atoms with Crippen molar-refractivity contribution in [3.05, 3.63) is 30.5 Å². The number of aliphatic hydroxyl groups is 1. The molecule has 0 aliphatic heterocycles. The second-order valence-electron chi connectivity index (χ2n) is 7.19. The van der Waals surface area contributed by atoms with Gasteiger partial charge >= 0.3 is 0 Å². The molecular weight excluding hydrogens is 316 g/mol. The molecule has 7 nitrogen and oxygen atoms in total. The fraction of sp³-hybridized carbons (Fsp3) is 0.389. The number of nitrogens with two attached hydrogens (primary N) is 1. The van der Waals surface area contributed by atoms with Crippen LogP contribution in [0, 0.1) is 11.8 Å². The lowest BCUT2D eigenvalue weighted by Crippen LogP contribution is -2.34. The SMILES string of the molecule is Nc1nc(N[C@@H]2C[C@H]3C[C@@H]2[C@H](O)C3)c2ccc(-c3ccn[nH]3)cc2n1. The molecule has 2 heterocycles. The zero-order chi connectivity index (χ0) is 17.0. The molecule has 0 saturated heterocycles. The van der Waals surface area contributed by atoms with E-state index in [9.17, 15) is 5.11 Å². The van der Waals surface area contributed by atoms with Crippen LogP contribution in [0.2, 0.25) is 0 Å². The molecular formula is C18H20N6O. The molecule has 3 aromatic rings. The maximum atomic E-state index is 10.2. The summed E-state index contributed by atoms with van der Waals surface area (Å²) in [5.74, 6) is 1.93. The first-order valence-electron chi connectivity index (χ1n) is 8.69. The van der Waals surface area contributed by atoms with E-state index in [0.717, 1.165) is 47.2 Å². The van der Waals surface area contributed by atoms with E-state index in [4.69, 9.17) is 5.73 Å². The average molecular weight is 336 g/mol. The van der Waals surface area contributed by atoms with Crippen LogP contribution in [0.5, 0.6) is 0 Å². The lowest BCUT2D eigenvalue weighted by molar-refractivity contribution is 0.107. The summed E-state index contributed by atoms with van der Waals surface area (Å²) in [6, 6.07) is 8.19. The highest BCUT2D eigenvalue weighted by Crippen LogP contribution is 2.46. The zero-order valence-corrected chi connectivity index (χ0v) is 13.7. The van der Waals surface area contributed by atoms with Crippen molar-refractivity contribution in [2.24, 2.45) is 11.8 Å². The van der Waals surface area contributed by atoms with Gasteiger partial charge in [0.05, 0.1) is 17.3 Å². The molecule has 2 aromatic heterocycles. The number of nitrogen functional groups attached to an aromatic ring is 1. The topological polar surface area (TPSA) is 113 Å². The van der Waals surface area contributed by atoms with E-state index < -0.39 is 0 Å². The van der Waals surface area contributed by atoms with E-state index in [2.05, 4.69) is 25.5 Å². The summed E-state index contributed by atoms with van der Waals surface area (Å²) in [5, 5.41) is 21.6. The third-order valence-electron chi connectivity index (χ3n) is 5.63. The molecule has 0 unspecified atom stereocenters. The number of aromatic nitrogens is 4. The number of aromatic amines is 1. The number of aliphatic hydroxyl groups excluding tert-OH is 1. The van der Waals surface area contributed by atoms with E-state index in [1.54, 1.807) is 6.20 Å². The lowest BCUT2D eigenvalue weighted by Gasteiger charge is -2.27. The quantitative estimate of drug-likeness (QED) is 0.583. The van der Waals surface area contributed by atoms with E-state index in [1.165, 1.54) is 0 Å². The maximum absolute atomic E-state index is 10.2. The molecule has 4 atom stereocenters. The van der Waals surface area contributed by atoms with E-state index in [1.807, 2.05) is 24.3 Å². The molecule has 2 aliphatic rings. The minimum Gasteiger partial charge on any atom is -0.393 e. The summed E-state index contributed by atoms with van der Waals surface area (Å²) < 4.78 is 0. The van der Waals surface area contributed by atoms with Crippen molar-refractivity contribution in [1.29, 1.82) is 0 Å². The number of rotatable bonds is 3. The Labute approximate surface area is 144 Å².